The summed E-state index contributed by atoms with van der Waals surface area (Å²) in [6.07, 6.45) is 0. The number of aromatic nitrogens is 2. The molecular formula is C25H28ClFN4O2. The summed E-state index contributed by atoms with van der Waals surface area (Å²) in [5.41, 5.74) is 1.47. The van der Waals surface area contributed by atoms with Gasteiger partial charge in [-0.15, -0.1) is 0 Å². The summed E-state index contributed by atoms with van der Waals surface area (Å²) < 4.78 is 14.8. The van der Waals surface area contributed by atoms with Crippen LogP contribution >= 0.6 is 11.6 Å². The van der Waals surface area contributed by atoms with Crippen molar-refractivity contribution in [3.05, 3.63) is 76.7 Å². The van der Waals surface area contributed by atoms with E-state index in [0.717, 1.165) is 5.69 Å². The Balaban J connectivity index is 1.88. The van der Waals surface area contributed by atoms with Crippen LogP contribution in [0.4, 0.5) is 10.2 Å². The topological polar surface area (TPSA) is 67.2 Å². The Bertz CT molecular complexity index is 1150. The van der Waals surface area contributed by atoms with Gasteiger partial charge in [-0.2, -0.15) is 5.10 Å². The highest BCUT2D eigenvalue weighted by molar-refractivity contribution is 6.32. The third-order valence-corrected chi connectivity index (χ3v) is 5.43. The molecule has 0 saturated heterocycles. The average Bonchev–Trinajstić information content (AvgIpc) is 3.16. The molecule has 0 aliphatic heterocycles. The molecular weight excluding hydrogens is 443 g/mol. The smallest absolute Gasteiger partial charge is 0.254 e. The van der Waals surface area contributed by atoms with Crippen molar-refractivity contribution in [1.82, 2.24) is 14.7 Å². The quantitative estimate of drug-likeness (QED) is 0.520. The largest absolute Gasteiger partial charge is 0.327 e. The fraction of sp³-hybridized carbons (Fsp3) is 0.320. The number of nitrogens with zero attached hydrogens (tertiary/aromatic N) is 3. The number of para-hydroxylation sites is 1. The van der Waals surface area contributed by atoms with Crippen molar-refractivity contribution in [2.75, 3.05) is 11.9 Å². The molecule has 1 N–H and O–H groups in total. The first kappa shape index (κ1) is 24.5. The molecule has 0 atom stereocenters. The molecule has 2 aromatic carbocycles. The van der Waals surface area contributed by atoms with E-state index in [9.17, 15) is 14.0 Å². The summed E-state index contributed by atoms with van der Waals surface area (Å²) in [7, 11) is 0. The summed E-state index contributed by atoms with van der Waals surface area (Å²) >= 11 is 6.38. The minimum absolute atomic E-state index is 0.174. The summed E-state index contributed by atoms with van der Waals surface area (Å²) in [5.74, 6) is -0.707. The molecule has 0 spiro atoms. The molecule has 1 aromatic heterocycles. The van der Waals surface area contributed by atoms with Crippen molar-refractivity contribution in [3.8, 4) is 5.69 Å². The summed E-state index contributed by atoms with van der Waals surface area (Å²) in [6.45, 7) is 9.55. The number of benzene rings is 2. The maximum Gasteiger partial charge on any atom is 0.254 e. The molecule has 33 heavy (non-hydrogen) atoms. The number of halogens is 2. The summed E-state index contributed by atoms with van der Waals surface area (Å²) in [6, 6.07) is 14.1. The molecule has 0 aliphatic carbocycles. The lowest BCUT2D eigenvalue weighted by atomic mass is 9.92. The van der Waals surface area contributed by atoms with E-state index in [1.807, 2.05) is 58.9 Å². The molecule has 1 heterocycles. The normalized spacial score (nSPS) is 11.5. The second-order valence-electron chi connectivity index (χ2n) is 9.11. The second-order valence-corrected chi connectivity index (χ2v) is 9.52. The fourth-order valence-corrected chi connectivity index (χ4v) is 3.44. The van der Waals surface area contributed by atoms with Gasteiger partial charge in [0.25, 0.3) is 5.91 Å². The van der Waals surface area contributed by atoms with Gasteiger partial charge in [0, 0.05) is 23.1 Å². The summed E-state index contributed by atoms with van der Waals surface area (Å²) in [4.78, 5) is 27.4. The van der Waals surface area contributed by atoms with Crippen molar-refractivity contribution in [2.45, 2.75) is 46.1 Å². The van der Waals surface area contributed by atoms with E-state index in [0.29, 0.717) is 22.1 Å². The number of carbonyl (C=O) groups excluding carboxylic acids is 2. The van der Waals surface area contributed by atoms with E-state index in [1.165, 1.54) is 29.2 Å². The number of amides is 2. The number of carbonyl (C=O) groups is 2. The van der Waals surface area contributed by atoms with E-state index in [4.69, 9.17) is 11.6 Å². The first-order valence-corrected chi connectivity index (χ1v) is 11.1. The van der Waals surface area contributed by atoms with Gasteiger partial charge in [0.2, 0.25) is 5.91 Å². The zero-order valence-corrected chi connectivity index (χ0v) is 20.2. The maximum absolute atomic E-state index is 13.2. The zero-order chi connectivity index (χ0) is 24.3. The molecule has 0 radical (unpaired) electrons. The predicted octanol–water partition coefficient (Wildman–Crippen LogP) is 5.45. The lowest BCUT2D eigenvalue weighted by Gasteiger charge is -2.26. The minimum Gasteiger partial charge on any atom is -0.327 e. The Morgan fingerprint density at radius 2 is 1.76 bits per heavy atom. The van der Waals surface area contributed by atoms with Crippen molar-refractivity contribution >= 4 is 29.2 Å². The van der Waals surface area contributed by atoms with Crippen LogP contribution in [0.5, 0.6) is 0 Å². The van der Waals surface area contributed by atoms with Crippen molar-refractivity contribution in [3.63, 3.8) is 0 Å². The van der Waals surface area contributed by atoms with Crippen molar-refractivity contribution < 1.29 is 14.0 Å². The molecule has 3 aromatic rings. The van der Waals surface area contributed by atoms with Gasteiger partial charge in [-0.05, 0) is 50.2 Å². The van der Waals surface area contributed by atoms with Gasteiger partial charge in [-0.25, -0.2) is 9.07 Å². The average molecular weight is 471 g/mol. The molecule has 2 amide bonds. The Kier molecular flexibility index (Phi) is 7.22. The Labute approximate surface area is 198 Å². The zero-order valence-electron chi connectivity index (χ0n) is 19.4. The van der Waals surface area contributed by atoms with Gasteiger partial charge < -0.3 is 10.2 Å². The molecule has 0 saturated carbocycles. The summed E-state index contributed by atoms with van der Waals surface area (Å²) in [5, 5.41) is 8.04. The lowest BCUT2D eigenvalue weighted by molar-refractivity contribution is -0.117. The highest BCUT2D eigenvalue weighted by Crippen LogP contribution is 2.29. The molecule has 6 nitrogen and oxygen atoms in total. The van der Waals surface area contributed by atoms with E-state index in [1.54, 1.807) is 10.7 Å². The fourth-order valence-electron chi connectivity index (χ4n) is 3.23. The van der Waals surface area contributed by atoms with Gasteiger partial charge >= 0.3 is 0 Å². The Morgan fingerprint density at radius 3 is 2.33 bits per heavy atom. The van der Waals surface area contributed by atoms with Crippen LogP contribution in [0.2, 0.25) is 5.02 Å². The van der Waals surface area contributed by atoms with E-state index >= 15 is 0 Å². The molecule has 0 aliphatic rings. The molecule has 8 heteroatoms. The molecule has 0 unspecified atom stereocenters. The molecule has 174 valence electrons. The maximum atomic E-state index is 13.2. The van der Waals surface area contributed by atoms with E-state index in [-0.39, 0.29) is 29.8 Å². The monoisotopic (exact) mass is 470 g/mol. The highest BCUT2D eigenvalue weighted by Gasteiger charge is 2.25. The van der Waals surface area contributed by atoms with Crippen LogP contribution in [0.1, 0.15) is 50.7 Å². The SMILES string of the molecule is CC(C)N(CC(=O)Nc1cc(C(C)(C)C)nn1-c1ccccc1Cl)C(=O)c1ccc(F)cc1. The first-order chi connectivity index (χ1) is 15.5. The standard InChI is InChI=1S/C25H28ClFN4O2/c1-16(2)30(24(33)17-10-12-18(27)13-11-17)15-23(32)28-22-14-21(25(3,4)5)29-31(22)20-9-7-6-8-19(20)26/h6-14,16H,15H2,1-5H3,(H,28,32). The molecule has 0 fully saturated rings. The minimum atomic E-state index is -0.428. The number of hydrogen-bond donors (Lipinski definition) is 1. The predicted molar refractivity (Wildman–Crippen MR) is 128 cm³/mol. The van der Waals surface area contributed by atoms with Crippen LogP contribution < -0.4 is 5.32 Å². The van der Waals surface area contributed by atoms with E-state index in [2.05, 4.69) is 10.4 Å². The highest BCUT2D eigenvalue weighted by atomic mass is 35.5. The van der Waals surface area contributed by atoms with Crippen LogP contribution in [-0.4, -0.2) is 39.1 Å². The number of nitrogens with one attached hydrogen (secondary N) is 1. The third kappa shape index (κ3) is 5.79. The van der Waals surface area contributed by atoms with Crippen LogP contribution in [0.25, 0.3) is 5.69 Å². The van der Waals surface area contributed by atoms with Crippen LogP contribution in [0.3, 0.4) is 0 Å². The molecule has 3 rings (SSSR count). The lowest BCUT2D eigenvalue weighted by Crippen LogP contribution is -2.42. The van der Waals surface area contributed by atoms with Crippen LogP contribution in [0, 0.1) is 5.82 Å². The second kappa shape index (κ2) is 9.75. The Hall–Kier alpha value is -3.19. The van der Waals surface area contributed by atoms with Crippen LogP contribution in [0.15, 0.2) is 54.6 Å². The van der Waals surface area contributed by atoms with Crippen molar-refractivity contribution in [2.24, 2.45) is 0 Å². The molecule has 0 bridgehead atoms. The van der Waals surface area contributed by atoms with Gasteiger partial charge in [0.05, 0.1) is 16.4 Å². The van der Waals surface area contributed by atoms with Crippen LogP contribution in [-0.2, 0) is 10.2 Å². The van der Waals surface area contributed by atoms with Crippen molar-refractivity contribution in [1.29, 1.82) is 0 Å². The number of hydrogen-bond acceptors (Lipinski definition) is 3. The van der Waals surface area contributed by atoms with Gasteiger partial charge in [0.1, 0.15) is 18.2 Å². The van der Waals surface area contributed by atoms with Gasteiger partial charge in [0.15, 0.2) is 0 Å². The van der Waals surface area contributed by atoms with Gasteiger partial charge in [-0.3, -0.25) is 9.59 Å². The number of rotatable bonds is 6. The number of anilines is 1. The van der Waals surface area contributed by atoms with Gasteiger partial charge in [-0.1, -0.05) is 44.5 Å². The third-order valence-electron chi connectivity index (χ3n) is 5.12. The Morgan fingerprint density at radius 1 is 1.12 bits per heavy atom. The first-order valence-electron chi connectivity index (χ1n) is 10.7. The van der Waals surface area contributed by atoms with E-state index < -0.39 is 5.82 Å².